The molecule has 2 N–H and O–H groups in total. The second-order valence-corrected chi connectivity index (χ2v) is 8.07. The predicted molar refractivity (Wildman–Crippen MR) is 115 cm³/mol. The van der Waals surface area contributed by atoms with E-state index in [1.165, 1.54) is 0 Å². The van der Waals surface area contributed by atoms with Gasteiger partial charge in [-0.3, -0.25) is 4.90 Å². The zero-order chi connectivity index (χ0) is 20.5. The van der Waals surface area contributed by atoms with E-state index in [1.807, 2.05) is 23.9 Å². The van der Waals surface area contributed by atoms with Gasteiger partial charge in [0.25, 0.3) is 0 Å². The van der Waals surface area contributed by atoms with Crippen LogP contribution in [0.3, 0.4) is 0 Å². The first-order valence-electron chi connectivity index (χ1n) is 10.5. The Labute approximate surface area is 179 Å². The molecule has 10 heteroatoms. The molecule has 5 rings (SSSR count). The summed E-state index contributed by atoms with van der Waals surface area (Å²) in [6.45, 7) is 6.14. The zero-order valence-corrected chi connectivity index (χ0v) is 17.7. The van der Waals surface area contributed by atoms with Crippen LogP contribution in [0.1, 0.15) is 32.2 Å². The number of anilines is 2. The number of H-pyrrole nitrogens is 1. The van der Waals surface area contributed by atoms with Crippen LogP contribution in [0.15, 0.2) is 18.5 Å². The Bertz CT molecular complexity index is 1010. The number of ether oxygens (including phenoxy) is 2. The Morgan fingerprint density at radius 1 is 1.27 bits per heavy atom. The molecule has 0 bridgehead atoms. The van der Waals surface area contributed by atoms with Crippen LogP contribution in [0.4, 0.5) is 11.6 Å². The van der Waals surface area contributed by atoms with E-state index >= 15 is 0 Å². The lowest BCUT2D eigenvalue weighted by atomic mass is 10.2. The molecular formula is C20H26ClN7O2. The SMILES string of the molecule is CCOc1nc(Nc2cnn([C@H]3CC[C@@H](N4CCOCC4)C3)c2Cl)nc2[nH]ccc12. The minimum Gasteiger partial charge on any atom is -0.477 e. The molecule has 2 atom stereocenters. The van der Waals surface area contributed by atoms with Crippen molar-refractivity contribution in [1.29, 1.82) is 0 Å². The van der Waals surface area contributed by atoms with Gasteiger partial charge in [0.2, 0.25) is 11.8 Å². The molecule has 1 aliphatic heterocycles. The minimum atomic E-state index is 0.298. The second-order valence-electron chi connectivity index (χ2n) is 7.71. The molecule has 1 saturated carbocycles. The third-order valence-corrected chi connectivity index (χ3v) is 6.30. The molecule has 3 aromatic rings. The molecule has 0 radical (unpaired) electrons. The van der Waals surface area contributed by atoms with Crippen molar-refractivity contribution in [1.82, 2.24) is 29.6 Å². The number of nitrogens with one attached hydrogen (secondary N) is 2. The normalized spacial score (nSPS) is 22.6. The molecule has 0 unspecified atom stereocenters. The Morgan fingerprint density at radius 2 is 2.10 bits per heavy atom. The standard InChI is InChI=1S/C20H26ClN7O2/c1-2-30-19-15-5-6-22-18(15)25-20(26-19)24-16-12-23-28(17(16)21)14-4-3-13(11-14)27-7-9-29-10-8-27/h5-6,12-14H,2-4,7-11H2,1H3,(H2,22,24,25,26)/t13-,14+/m1/s1. The first-order chi connectivity index (χ1) is 14.7. The second kappa shape index (κ2) is 8.41. The fraction of sp³-hybridized carbons (Fsp3) is 0.550. The lowest BCUT2D eigenvalue weighted by Crippen LogP contribution is -2.42. The maximum Gasteiger partial charge on any atom is 0.232 e. The summed E-state index contributed by atoms with van der Waals surface area (Å²) < 4.78 is 13.1. The van der Waals surface area contributed by atoms with Crippen molar-refractivity contribution in [3.8, 4) is 5.88 Å². The number of morpholine rings is 1. The van der Waals surface area contributed by atoms with Crippen molar-refractivity contribution in [2.75, 3.05) is 38.2 Å². The molecule has 0 amide bonds. The average molecular weight is 432 g/mol. The van der Waals surface area contributed by atoms with Crippen LogP contribution >= 0.6 is 11.6 Å². The van der Waals surface area contributed by atoms with Crippen LogP contribution in [0, 0.1) is 0 Å². The third kappa shape index (κ3) is 3.73. The number of hydrogen-bond donors (Lipinski definition) is 2. The summed E-state index contributed by atoms with van der Waals surface area (Å²) in [4.78, 5) is 14.7. The van der Waals surface area contributed by atoms with Crippen molar-refractivity contribution in [2.24, 2.45) is 0 Å². The Hall–Kier alpha value is -2.36. The van der Waals surface area contributed by atoms with Gasteiger partial charge in [-0.25, -0.2) is 4.68 Å². The number of hydrogen-bond acceptors (Lipinski definition) is 7. The molecular weight excluding hydrogens is 406 g/mol. The molecule has 30 heavy (non-hydrogen) atoms. The van der Waals surface area contributed by atoms with Gasteiger partial charge in [-0.05, 0) is 32.3 Å². The van der Waals surface area contributed by atoms with Crippen LogP contribution < -0.4 is 10.1 Å². The molecule has 0 spiro atoms. The predicted octanol–water partition coefficient (Wildman–Crippen LogP) is 3.38. The first kappa shape index (κ1) is 19.6. The number of halogens is 1. The Kier molecular flexibility index (Phi) is 5.49. The Balaban J connectivity index is 1.32. The topological polar surface area (TPSA) is 93.1 Å². The van der Waals surface area contributed by atoms with Crippen LogP contribution in [-0.2, 0) is 4.74 Å². The largest absolute Gasteiger partial charge is 0.477 e. The number of aromatic amines is 1. The monoisotopic (exact) mass is 431 g/mol. The Morgan fingerprint density at radius 3 is 2.93 bits per heavy atom. The lowest BCUT2D eigenvalue weighted by molar-refractivity contribution is 0.0172. The van der Waals surface area contributed by atoms with Crippen molar-refractivity contribution < 1.29 is 9.47 Å². The van der Waals surface area contributed by atoms with Gasteiger partial charge in [0.05, 0.1) is 43.1 Å². The highest BCUT2D eigenvalue weighted by Crippen LogP contribution is 2.37. The van der Waals surface area contributed by atoms with Crippen LogP contribution in [-0.4, -0.2) is 68.6 Å². The lowest BCUT2D eigenvalue weighted by Gasteiger charge is -2.32. The molecule has 3 aromatic heterocycles. The number of nitrogens with zero attached hydrogens (tertiary/aromatic N) is 5. The van der Waals surface area contributed by atoms with E-state index in [4.69, 9.17) is 21.1 Å². The van der Waals surface area contributed by atoms with Crippen LogP contribution in [0.25, 0.3) is 11.0 Å². The number of fused-ring (bicyclic) bond motifs is 1. The fourth-order valence-corrected chi connectivity index (χ4v) is 4.73. The minimum absolute atomic E-state index is 0.298. The van der Waals surface area contributed by atoms with Crippen LogP contribution in [0.2, 0.25) is 5.15 Å². The van der Waals surface area contributed by atoms with E-state index in [-0.39, 0.29) is 0 Å². The highest BCUT2D eigenvalue weighted by molar-refractivity contribution is 6.32. The van der Waals surface area contributed by atoms with E-state index in [9.17, 15) is 0 Å². The summed E-state index contributed by atoms with van der Waals surface area (Å²) in [6, 6.07) is 2.77. The highest BCUT2D eigenvalue weighted by Gasteiger charge is 2.32. The number of aromatic nitrogens is 5. The molecule has 2 fully saturated rings. The van der Waals surface area contributed by atoms with E-state index in [2.05, 4.69) is 30.3 Å². The number of rotatable bonds is 6. The summed E-state index contributed by atoms with van der Waals surface area (Å²) in [6.07, 6.45) is 6.85. The van der Waals surface area contributed by atoms with E-state index in [1.54, 1.807) is 6.20 Å². The maximum absolute atomic E-state index is 6.70. The van der Waals surface area contributed by atoms with E-state index in [0.717, 1.165) is 51.0 Å². The van der Waals surface area contributed by atoms with Gasteiger partial charge in [0.1, 0.15) is 5.65 Å². The van der Waals surface area contributed by atoms with Gasteiger partial charge in [-0.2, -0.15) is 15.1 Å². The van der Waals surface area contributed by atoms with Gasteiger partial charge in [0, 0.05) is 25.3 Å². The van der Waals surface area contributed by atoms with Crippen molar-refractivity contribution in [2.45, 2.75) is 38.3 Å². The summed E-state index contributed by atoms with van der Waals surface area (Å²) in [5, 5.41) is 9.21. The smallest absolute Gasteiger partial charge is 0.232 e. The summed E-state index contributed by atoms with van der Waals surface area (Å²) in [7, 11) is 0. The molecule has 160 valence electrons. The first-order valence-corrected chi connectivity index (χ1v) is 10.9. The molecule has 2 aliphatic rings. The fourth-order valence-electron chi connectivity index (χ4n) is 4.45. The van der Waals surface area contributed by atoms with E-state index in [0.29, 0.717) is 47.0 Å². The van der Waals surface area contributed by atoms with Gasteiger partial charge in [0.15, 0.2) is 5.15 Å². The maximum atomic E-state index is 6.70. The highest BCUT2D eigenvalue weighted by atomic mass is 35.5. The van der Waals surface area contributed by atoms with Crippen molar-refractivity contribution in [3.05, 3.63) is 23.6 Å². The molecule has 4 heterocycles. The van der Waals surface area contributed by atoms with Gasteiger partial charge in [-0.15, -0.1) is 0 Å². The van der Waals surface area contributed by atoms with Crippen LogP contribution in [0.5, 0.6) is 5.88 Å². The van der Waals surface area contributed by atoms with Gasteiger partial charge < -0.3 is 19.8 Å². The van der Waals surface area contributed by atoms with E-state index < -0.39 is 0 Å². The molecule has 1 aliphatic carbocycles. The molecule has 9 nitrogen and oxygen atoms in total. The third-order valence-electron chi connectivity index (χ3n) is 5.93. The summed E-state index contributed by atoms with van der Waals surface area (Å²) in [5.41, 5.74) is 1.41. The molecule has 0 aromatic carbocycles. The van der Waals surface area contributed by atoms with Crippen molar-refractivity contribution in [3.63, 3.8) is 0 Å². The zero-order valence-electron chi connectivity index (χ0n) is 17.0. The molecule has 1 saturated heterocycles. The van der Waals surface area contributed by atoms with Crippen molar-refractivity contribution >= 4 is 34.3 Å². The van der Waals surface area contributed by atoms with Gasteiger partial charge in [-0.1, -0.05) is 11.6 Å². The van der Waals surface area contributed by atoms with Gasteiger partial charge >= 0.3 is 0 Å². The average Bonchev–Trinajstić information content (AvgIpc) is 3.50. The summed E-state index contributed by atoms with van der Waals surface area (Å²) >= 11 is 6.70. The summed E-state index contributed by atoms with van der Waals surface area (Å²) in [5.74, 6) is 0.964. The quantitative estimate of drug-likeness (QED) is 0.618.